The van der Waals surface area contributed by atoms with Gasteiger partial charge in [-0.2, -0.15) is 0 Å². The predicted molar refractivity (Wildman–Crippen MR) is 70.5 cm³/mol. The number of carbonyl (C=O) groups is 1. The molecule has 0 atom stereocenters. The number of esters is 1. The molecule has 0 aromatic carbocycles. The lowest BCUT2D eigenvalue weighted by Gasteiger charge is -2.15. The van der Waals surface area contributed by atoms with Crippen molar-refractivity contribution < 1.29 is 9.53 Å². The number of nitrogens with one attached hydrogen (secondary N) is 2. The highest BCUT2D eigenvalue weighted by Crippen LogP contribution is 2.17. The number of aromatic amines is 1. The third-order valence-electron chi connectivity index (χ3n) is 3.59. The summed E-state index contributed by atoms with van der Waals surface area (Å²) in [5.41, 5.74) is 1.56. The number of ether oxygens (including phenoxy) is 1. The van der Waals surface area contributed by atoms with Crippen molar-refractivity contribution in [3.8, 4) is 0 Å². The van der Waals surface area contributed by atoms with Crippen LogP contribution in [0.4, 0.5) is 0 Å². The van der Waals surface area contributed by atoms with E-state index in [4.69, 9.17) is 0 Å². The fourth-order valence-corrected chi connectivity index (χ4v) is 2.51. The van der Waals surface area contributed by atoms with Crippen LogP contribution in [0.5, 0.6) is 0 Å². The summed E-state index contributed by atoms with van der Waals surface area (Å²) in [6.07, 6.45) is 7.93. The van der Waals surface area contributed by atoms with Gasteiger partial charge in [0.1, 0.15) is 5.69 Å². The smallest absolute Gasteiger partial charge is 0.354 e. The minimum Gasteiger partial charge on any atom is -0.464 e. The Balaban J connectivity index is 1.82. The van der Waals surface area contributed by atoms with Crippen LogP contribution >= 0.6 is 0 Å². The van der Waals surface area contributed by atoms with E-state index in [1.807, 2.05) is 6.07 Å². The Hall–Kier alpha value is -1.29. The molecule has 0 amide bonds. The SMILES string of the molecule is COC(=O)c1ccc(CNC2CCCCCC2)[nH]1. The lowest BCUT2D eigenvalue weighted by molar-refractivity contribution is 0.0594. The molecule has 0 saturated heterocycles. The zero-order chi connectivity index (χ0) is 12.8. The van der Waals surface area contributed by atoms with Gasteiger partial charge in [-0.15, -0.1) is 0 Å². The van der Waals surface area contributed by atoms with Gasteiger partial charge in [0, 0.05) is 18.3 Å². The summed E-state index contributed by atoms with van der Waals surface area (Å²) in [5, 5.41) is 3.56. The topological polar surface area (TPSA) is 54.1 Å². The summed E-state index contributed by atoms with van der Waals surface area (Å²) in [4.78, 5) is 14.4. The van der Waals surface area contributed by atoms with E-state index in [1.165, 1.54) is 45.6 Å². The quantitative estimate of drug-likeness (QED) is 0.638. The molecule has 100 valence electrons. The molecule has 0 unspecified atom stereocenters. The Kier molecular flexibility index (Phi) is 4.81. The largest absolute Gasteiger partial charge is 0.464 e. The number of aromatic nitrogens is 1. The molecule has 0 bridgehead atoms. The van der Waals surface area contributed by atoms with Gasteiger partial charge in [0.25, 0.3) is 0 Å². The number of hydrogen-bond acceptors (Lipinski definition) is 3. The normalized spacial score (nSPS) is 17.4. The summed E-state index contributed by atoms with van der Waals surface area (Å²) in [6, 6.07) is 4.34. The summed E-state index contributed by atoms with van der Waals surface area (Å²) >= 11 is 0. The molecule has 1 fully saturated rings. The van der Waals surface area contributed by atoms with Gasteiger partial charge in [0.05, 0.1) is 7.11 Å². The highest BCUT2D eigenvalue weighted by Gasteiger charge is 2.12. The van der Waals surface area contributed by atoms with Gasteiger partial charge in [-0.05, 0) is 25.0 Å². The summed E-state index contributed by atoms with van der Waals surface area (Å²) in [7, 11) is 1.40. The lowest BCUT2D eigenvalue weighted by atomic mass is 10.1. The van der Waals surface area contributed by atoms with Crippen LogP contribution in [0.1, 0.15) is 54.7 Å². The zero-order valence-corrected chi connectivity index (χ0v) is 11.0. The second-order valence-electron chi connectivity index (χ2n) is 4.96. The van der Waals surface area contributed by atoms with E-state index in [9.17, 15) is 4.79 Å². The molecular formula is C14H22N2O2. The van der Waals surface area contributed by atoms with Gasteiger partial charge in [-0.1, -0.05) is 25.7 Å². The lowest BCUT2D eigenvalue weighted by Crippen LogP contribution is -2.28. The van der Waals surface area contributed by atoms with Gasteiger partial charge in [-0.25, -0.2) is 4.79 Å². The second-order valence-corrected chi connectivity index (χ2v) is 4.96. The van der Waals surface area contributed by atoms with Gasteiger partial charge >= 0.3 is 5.97 Å². The Bertz CT molecular complexity index is 379. The zero-order valence-electron chi connectivity index (χ0n) is 11.0. The molecule has 4 nitrogen and oxygen atoms in total. The van der Waals surface area contributed by atoms with Gasteiger partial charge in [0.2, 0.25) is 0 Å². The minimum atomic E-state index is -0.310. The Morgan fingerprint density at radius 2 is 2.06 bits per heavy atom. The van der Waals surface area contributed by atoms with Crippen LogP contribution in [0.25, 0.3) is 0 Å². The van der Waals surface area contributed by atoms with Crippen LogP contribution in [0.3, 0.4) is 0 Å². The third-order valence-corrected chi connectivity index (χ3v) is 3.59. The number of methoxy groups -OCH3 is 1. The molecule has 18 heavy (non-hydrogen) atoms. The first kappa shape index (κ1) is 13.1. The van der Waals surface area contributed by atoms with Crippen molar-refractivity contribution in [2.24, 2.45) is 0 Å². The van der Waals surface area contributed by atoms with Crippen molar-refractivity contribution in [3.05, 3.63) is 23.5 Å². The molecular weight excluding hydrogens is 228 g/mol. The standard InChI is InChI=1S/C14H22N2O2/c1-18-14(17)13-9-8-12(16-13)10-15-11-6-4-2-3-5-7-11/h8-9,11,15-16H,2-7,10H2,1H3. The molecule has 1 aliphatic rings. The predicted octanol–water partition coefficient (Wildman–Crippen LogP) is 2.61. The molecule has 0 aliphatic heterocycles. The summed E-state index contributed by atoms with van der Waals surface area (Å²) in [5.74, 6) is -0.310. The number of rotatable bonds is 4. The van der Waals surface area contributed by atoms with Crippen LogP contribution in [-0.2, 0) is 11.3 Å². The molecule has 1 aromatic heterocycles. The molecule has 0 radical (unpaired) electrons. The van der Waals surface area contributed by atoms with E-state index in [0.29, 0.717) is 11.7 Å². The number of carbonyl (C=O) groups excluding carboxylic acids is 1. The van der Waals surface area contributed by atoms with E-state index in [-0.39, 0.29) is 5.97 Å². The minimum absolute atomic E-state index is 0.310. The summed E-state index contributed by atoms with van der Waals surface area (Å²) in [6.45, 7) is 0.793. The van der Waals surface area contributed by atoms with Gasteiger partial charge in [-0.3, -0.25) is 0 Å². The Morgan fingerprint density at radius 3 is 2.72 bits per heavy atom. The maximum absolute atomic E-state index is 11.3. The van der Waals surface area contributed by atoms with Crippen molar-refractivity contribution in [1.82, 2.24) is 10.3 Å². The first-order valence-corrected chi connectivity index (χ1v) is 6.79. The van der Waals surface area contributed by atoms with Crippen LogP contribution < -0.4 is 5.32 Å². The van der Waals surface area contributed by atoms with Crippen molar-refractivity contribution in [1.29, 1.82) is 0 Å². The van der Waals surface area contributed by atoms with Gasteiger partial charge in [0.15, 0.2) is 0 Å². The molecule has 1 saturated carbocycles. The van der Waals surface area contributed by atoms with Crippen LogP contribution in [0.15, 0.2) is 12.1 Å². The maximum Gasteiger partial charge on any atom is 0.354 e. The maximum atomic E-state index is 11.3. The van der Waals surface area contributed by atoms with Crippen LogP contribution in [0.2, 0.25) is 0 Å². The average molecular weight is 250 g/mol. The highest BCUT2D eigenvalue weighted by atomic mass is 16.5. The Labute approximate surface area is 108 Å². The van der Waals surface area contributed by atoms with Crippen LogP contribution in [-0.4, -0.2) is 24.1 Å². The van der Waals surface area contributed by atoms with E-state index < -0.39 is 0 Å². The van der Waals surface area contributed by atoms with Crippen molar-refractivity contribution in [3.63, 3.8) is 0 Å². The third kappa shape index (κ3) is 3.60. The monoisotopic (exact) mass is 250 g/mol. The molecule has 4 heteroatoms. The molecule has 0 spiro atoms. The van der Waals surface area contributed by atoms with E-state index in [0.717, 1.165) is 12.2 Å². The summed E-state index contributed by atoms with van der Waals surface area (Å²) < 4.78 is 4.67. The van der Waals surface area contributed by atoms with E-state index in [1.54, 1.807) is 6.07 Å². The van der Waals surface area contributed by atoms with E-state index in [2.05, 4.69) is 15.0 Å². The van der Waals surface area contributed by atoms with Crippen molar-refractivity contribution in [2.45, 2.75) is 51.1 Å². The number of H-pyrrole nitrogens is 1. The Morgan fingerprint density at radius 1 is 1.33 bits per heavy atom. The molecule has 2 N–H and O–H groups in total. The molecule has 2 rings (SSSR count). The highest BCUT2D eigenvalue weighted by molar-refractivity contribution is 5.87. The average Bonchev–Trinajstić information content (AvgIpc) is 2.71. The molecule has 1 aliphatic carbocycles. The first-order chi connectivity index (χ1) is 8.79. The van der Waals surface area contributed by atoms with Gasteiger partial charge < -0.3 is 15.0 Å². The second kappa shape index (κ2) is 6.59. The van der Waals surface area contributed by atoms with Crippen molar-refractivity contribution >= 4 is 5.97 Å². The van der Waals surface area contributed by atoms with Crippen LogP contribution in [0, 0.1) is 0 Å². The van der Waals surface area contributed by atoms with E-state index >= 15 is 0 Å². The number of hydrogen-bond donors (Lipinski definition) is 2. The molecule has 1 aromatic rings. The van der Waals surface area contributed by atoms with Crippen molar-refractivity contribution in [2.75, 3.05) is 7.11 Å². The fraction of sp³-hybridized carbons (Fsp3) is 0.643. The fourth-order valence-electron chi connectivity index (χ4n) is 2.51. The molecule has 1 heterocycles. The first-order valence-electron chi connectivity index (χ1n) is 6.79.